The van der Waals surface area contributed by atoms with E-state index in [2.05, 4.69) is 15.1 Å². The first-order chi connectivity index (χ1) is 14.9. The van der Waals surface area contributed by atoms with Crippen molar-refractivity contribution in [1.29, 1.82) is 0 Å². The Labute approximate surface area is 179 Å². The summed E-state index contributed by atoms with van der Waals surface area (Å²) in [7, 11) is 3.64. The van der Waals surface area contributed by atoms with Crippen LogP contribution >= 0.6 is 0 Å². The Balaban J connectivity index is 1.67. The number of likely N-dealkylation sites (tertiary alicyclic amines) is 1. The molecule has 9 heteroatoms. The molecular weight excluding hydrogens is 402 g/mol. The minimum atomic E-state index is -0.536. The molecule has 0 aliphatic carbocycles. The van der Waals surface area contributed by atoms with Gasteiger partial charge in [-0.05, 0) is 37.1 Å². The summed E-state index contributed by atoms with van der Waals surface area (Å²) >= 11 is 0. The standard InChI is InChI=1S/C22H24F2N6O/c1-28(2)22-25-12-18(17-11-16(23)6-7-19(17)24)21(27-22)15-5-3-9-29(13-15)20(31)14-30-10-4-8-26-30/h4,6-8,10-12,15H,3,5,9,13-14H2,1-2H3/t15-/m1/s1. The summed E-state index contributed by atoms with van der Waals surface area (Å²) in [6, 6.07) is 5.13. The van der Waals surface area contributed by atoms with Crippen LogP contribution in [0.5, 0.6) is 0 Å². The highest BCUT2D eigenvalue weighted by molar-refractivity contribution is 5.76. The summed E-state index contributed by atoms with van der Waals surface area (Å²) in [4.78, 5) is 25.3. The number of aromatic nitrogens is 4. The van der Waals surface area contributed by atoms with Crippen LogP contribution in [-0.4, -0.2) is 57.7 Å². The Hall–Kier alpha value is -3.36. The maximum absolute atomic E-state index is 14.6. The molecule has 1 atom stereocenters. The van der Waals surface area contributed by atoms with Crippen LogP contribution in [0.15, 0.2) is 42.9 Å². The van der Waals surface area contributed by atoms with Gasteiger partial charge in [0.1, 0.15) is 18.2 Å². The summed E-state index contributed by atoms with van der Waals surface area (Å²) < 4.78 is 30.0. The zero-order valence-corrected chi connectivity index (χ0v) is 17.5. The van der Waals surface area contributed by atoms with Gasteiger partial charge in [-0.2, -0.15) is 5.10 Å². The van der Waals surface area contributed by atoms with Gasteiger partial charge in [0.25, 0.3) is 0 Å². The van der Waals surface area contributed by atoms with Gasteiger partial charge in [0.2, 0.25) is 11.9 Å². The maximum Gasteiger partial charge on any atom is 0.244 e. The van der Waals surface area contributed by atoms with E-state index in [1.165, 1.54) is 0 Å². The van der Waals surface area contributed by atoms with Gasteiger partial charge in [-0.25, -0.2) is 18.7 Å². The molecule has 1 amide bonds. The summed E-state index contributed by atoms with van der Waals surface area (Å²) in [5.74, 6) is -0.732. The smallest absolute Gasteiger partial charge is 0.244 e. The Morgan fingerprint density at radius 3 is 2.84 bits per heavy atom. The van der Waals surface area contributed by atoms with Crippen molar-refractivity contribution in [2.75, 3.05) is 32.1 Å². The number of amides is 1. The van der Waals surface area contributed by atoms with Crippen molar-refractivity contribution in [2.45, 2.75) is 25.3 Å². The second kappa shape index (κ2) is 8.79. The molecule has 162 valence electrons. The summed E-state index contributed by atoms with van der Waals surface area (Å²) in [6.07, 6.45) is 6.51. The van der Waals surface area contributed by atoms with Crippen molar-refractivity contribution < 1.29 is 13.6 Å². The lowest BCUT2D eigenvalue weighted by molar-refractivity contribution is -0.133. The van der Waals surface area contributed by atoms with Gasteiger partial charge in [-0.15, -0.1) is 0 Å². The molecule has 0 N–H and O–H groups in total. The fourth-order valence-electron chi connectivity index (χ4n) is 3.88. The largest absolute Gasteiger partial charge is 0.347 e. The van der Waals surface area contributed by atoms with Gasteiger partial charge in [-0.3, -0.25) is 9.48 Å². The number of hydrogen-bond acceptors (Lipinski definition) is 5. The summed E-state index contributed by atoms with van der Waals surface area (Å²) in [6.45, 7) is 1.26. The van der Waals surface area contributed by atoms with Crippen LogP contribution in [0.3, 0.4) is 0 Å². The SMILES string of the molecule is CN(C)c1ncc(-c2cc(F)ccc2F)c([C@@H]2CCCN(C(=O)Cn3cccn3)C2)n1. The van der Waals surface area contributed by atoms with Gasteiger partial charge in [0.15, 0.2) is 0 Å². The number of nitrogens with zero attached hydrogens (tertiary/aromatic N) is 6. The molecule has 3 heterocycles. The number of halogens is 2. The average molecular weight is 426 g/mol. The van der Waals surface area contributed by atoms with E-state index in [0.29, 0.717) is 30.3 Å². The van der Waals surface area contributed by atoms with Crippen molar-refractivity contribution >= 4 is 11.9 Å². The third kappa shape index (κ3) is 4.55. The molecule has 3 aromatic rings. The van der Waals surface area contributed by atoms with Gasteiger partial charge in [-0.1, -0.05) is 0 Å². The van der Waals surface area contributed by atoms with Crippen molar-refractivity contribution in [3.05, 3.63) is 60.2 Å². The topological polar surface area (TPSA) is 67.2 Å². The lowest BCUT2D eigenvalue weighted by atomic mass is 9.89. The van der Waals surface area contributed by atoms with E-state index in [4.69, 9.17) is 0 Å². The van der Waals surface area contributed by atoms with Gasteiger partial charge in [0.05, 0.1) is 5.69 Å². The van der Waals surface area contributed by atoms with Crippen LogP contribution in [0, 0.1) is 11.6 Å². The summed E-state index contributed by atoms with van der Waals surface area (Å²) in [5, 5.41) is 4.10. The van der Waals surface area contributed by atoms with Crippen molar-refractivity contribution in [2.24, 2.45) is 0 Å². The highest BCUT2D eigenvalue weighted by Crippen LogP contribution is 2.35. The molecule has 1 aliphatic heterocycles. The number of rotatable bonds is 5. The molecule has 4 rings (SSSR count). The van der Waals surface area contributed by atoms with Gasteiger partial charge in [0, 0.05) is 62.8 Å². The normalized spacial score (nSPS) is 16.4. The Morgan fingerprint density at radius 2 is 2.10 bits per heavy atom. The zero-order chi connectivity index (χ0) is 22.0. The van der Waals surface area contributed by atoms with Crippen LogP contribution in [0.25, 0.3) is 11.1 Å². The van der Waals surface area contributed by atoms with Gasteiger partial charge >= 0.3 is 0 Å². The van der Waals surface area contributed by atoms with E-state index in [1.54, 1.807) is 39.1 Å². The monoisotopic (exact) mass is 426 g/mol. The Morgan fingerprint density at radius 1 is 1.26 bits per heavy atom. The predicted molar refractivity (Wildman–Crippen MR) is 112 cm³/mol. The molecular formula is C22H24F2N6O. The molecule has 1 aromatic carbocycles. The zero-order valence-electron chi connectivity index (χ0n) is 17.5. The van der Waals surface area contributed by atoms with Crippen molar-refractivity contribution in [3.8, 4) is 11.1 Å². The van der Waals surface area contributed by atoms with E-state index in [-0.39, 0.29) is 23.9 Å². The molecule has 1 aliphatic rings. The molecule has 0 saturated carbocycles. The highest BCUT2D eigenvalue weighted by Gasteiger charge is 2.29. The van der Waals surface area contributed by atoms with Gasteiger partial charge < -0.3 is 9.80 Å². The average Bonchev–Trinajstić information content (AvgIpc) is 3.28. The molecule has 0 bridgehead atoms. The second-order valence-corrected chi connectivity index (χ2v) is 7.87. The van der Waals surface area contributed by atoms with E-state index < -0.39 is 11.6 Å². The highest BCUT2D eigenvalue weighted by atomic mass is 19.1. The summed E-state index contributed by atoms with van der Waals surface area (Å²) in [5.41, 5.74) is 1.20. The maximum atomic E-state index is 14.6. The number of carbonyl (C=O) groups excluding carboxylic acids is 1. The second-order valence-electron chi connectivity index (χ2n) is 7.87. The quantitative estimate of drug-likeness (QED) is 0.627. The van der Waals surface area contributed by atoms with Crippen molar-refractivity contribution in [1.82, 2.24) is 24.6 Å². The number of benzene rings is 1. The third-order valence-corrected chi connectivity index (χ3v) is 5.44. The van der Waals surface area contributed by atoms with Crippen LogP contribution in [0.1, 0.15) is 24.5 Å². The van der Waals surface area contributed by atoms with Crippen LogP contribution in [0.4, 0.5) is 14.7 Å². The molecule has 0 spiro atoms. The van der Waals surface area contributed by atoms with E-state index >= 15 is 0 Å². The van der Waals surface area contributed by atoms with E-state index in [1.807, 2.05) is 14.1 Å². The number of piperidine rings is 1. The first kappa shape index (κ1) is 20.9. The van der Waals surface area contributed by atoms with Crippen LogP contribution in [0.2, 0.25) is 0 Å². The fourth-order valence-corrected chi connectivity index (χ4v) is 3.88. The first-order valence-electron chi connectivity index (χ1n) is 10.2. The third-order valence-electron chi connectivity index (χ3n) is 5.44. The van der Waals surface area contributed by atoms with Crippen molar-refractivity contribution in [3.63, 3.8) is 0 Å². The lowest BCUT2D eigenvalue weighted by Crippen LogP contribution is -2.41. The Kier molecular flexibility index (Phi) is 5.92. The molecule has 1 saturated heterocycles. The minimum Gasteiger partial charge on any atom is -0.347 e. The molecule has 31 heavy (non-hydrogen) atoms. The molecule has 0 unspecified atom stereocenters. The molecule has 2 aromatic heterocycles. The van der Waals surface area contributed by atoms with E-state index in [0.717, 1.165) is 31.0 Å². The minimum absolute atomic E-state index is 0.0335. The fraction of sp³-hybridized carbons (Fsp3) is 0.364. The molecule has 7 nitrogen and oxygen atoms in total. The van der Waals surface area contributed by atoms with Crippen LogP contribution in [-0.2, 0) is 11.3 Å². The number of hydrogen-bond donors (Lipinski definition) is 0. The van der Waals surface area contributed by atoms with E-state index in [9.17, 15) is 13.6 Å². The predicted octanol–water partition coefficient (Wildman–Crippen LogP) is 3.09. The number of anilines is 1. The first-order valence-corrected chi connectivity index (χ1v) is 10.2. The number of carbonyl (C=O) groups is 1. The van der Waals surface area contributed by atoms with Crippen LogP contribution < -0.4 is 4.90 Å². The molecule has 0 radical (unpaired) electrons. The Bertz CT molecular complexity index is 1070. The molecule has 1 fully saturated rings. The lowest BCUT2D eigenvalue weighted by Gasteiger charge is -2.33.